The summed E-state index contributed by atoms with van der Waals surface area (Å²) in [4.78, 5) is 38.7. The Hall–Kier alpha value is -4.07. The summed E-state index contributed by atoms with van der Waals surface area (Å²) in [6.45, 7) is 1.25. The number of nitrogens with one attached hydrogen (secondary N) is 2. The van der Waals surface area contributed by atoms with Gasteiger partial charge in [0.25, 0.3) is 11.8 Å². The molecule has 1 unspecified atom stereocenters. The van der Waals surface area contributed by atoms with E-state index in [1.54, 1.807) is 48.5 Å². The van der Waals surface area contributed by atoms with Crippen LogP contribution in [-0.2, 0) is 16.9 Å². The first-order chi connectivity index (χ1) is 15.3. The van der Waals surface area contributed by atoms with Crippen LogP contribution in [0.1, 0.15) is 28.4 Å². The van der Waals surface area contributed by atoms with E-state index in [1.807, 2.05) is 6.07 Å². The van der Waals surface area contributed by atoms with Gasteiger partial charge in [0.05, 0.1) is 6.54 Å². The molecule has 3 aromatic carbocycles. The Morgan fingerprint density at radius 1 is 1.00 bits per heavy atom. The third kappa shape index (κ3) is 3.94. The van der Waals surface area contributed by atoms with Gasteiger partial charge in [0.15, 0.2) is 0 Å². The number of hydrogen-bond donors (Lipinski definition) is 2. The lowest BCUT2D eigenvalue weighted by molar-refractivity contribution is -0.131. The molecule has 162 valence electrons. The first kappa shape index (κ1) is 21.2. The van der Waals surface area contributed by atoms with Crippen molar-refractivity contribution in [1.82, 2.24) is 10.2 Å². The summed E-state index contributed by atoms with van der Waals surface area (Å²) in [7, 11) is 0. The molecule has 3 aromatic rings. The van der Waals surface area contributed by atoms with Crippen molar-refractivity contribution in [3.63, 3.8) is 0 Å². The van der Waals surface area contributed by atoms with Crippen molar-refractivity contribution >= 4 is 23.5 Å². The van der Waals surface area contributed by atoms with Crippen molar-refractivity contribution < 1.29 is 23.2 Å². The third-order valence-corrected chi connectivity index (χ3v) is 5.33. The molecule has 0 saturated carbocycles. The zero-order chi connectivity index (χ0) is 22.9. The molecular formula is C24H19F2N3O3. The maximum atomic E-state index is 14.3. The third-order valence-electron chi connectivity index (χ3n) is 5.33. The number of nitrogens with zero attached hydrogens (tertiary/aromatic N) is 1. The molecule has 0 spiro atoms. The Labute approximate surface area is 182 Å². The lowest BCUT2D eigenvalue weighted by Gasteiger charge is -2.23. The number of amides is 4. The molecule has 32 heavy (non-hydrogen) atoms. The van der Waals surface area contributed by atoms with Gasteiger partial charge in [0.2, 0.25) is 0 Å². The highest BCUT2D eigenvalue weighted by atomic mass is 19.1. The molecule has 4 rings (SSSR count). The number of carbonyl (C=O) groups excluding carboxylic acids is 3. The van der Waals surface area contributed by atoms with E-state index in [1.165, 1.54) is 6.92 Å². The Kier molecular flexibility index (Phi) is 5.44. The molecule has 0 aliphatic carbocycles. The van der Waals surface area contributed by atoms with E-state index in [2.05, 4.69) is 10.6 Å². The summed E-state index contributed by atoms with van der Waals surface area (Å²) in [6, 6.07) is 17.4. The molecule has 1 atom stereocenters. The van der Waals surface area contributed by atoms with Crippen LogP contribution in [0.25, 0.3) is 0 Å². The largest absolute Gasteiger partial charge is 0.325 e. The molecule has 2 N–H and O–H groups in total. The molecule has 1 heterocycles. The highest BCUT2D eigenvalue weighted by Gasteiger charge is 2.50. The van der Waals surface area contributed by atoms with Crippen LogP contribution in [0.4, 0.5) is 19.3 Å². The van der Waals surface area contributed by atoms with Gasteiger partial charge in [-0.1, -0.05) is 30.3 Å². The number of imide groups is 1. The topological polar surface area (TPSA) is 78.5 Å². The molecule has 0 aromatic heterocycles. The second-order valence-electron chi connectivity index (χ2n) is 7.59. The summed E-state index contributed by atoms with van der Waals surface area (Å²) in [5.41, 5.74) is -0.315. The van der Waals surface area contributed by atoms with Crippen LogP contribution in [0.15, 0.2) is 72.8 Å². The van der Waals surface area contributed by atoms with Crippen molar-refractivity contribution in [2.24, 2.45) is 0 Å². The van der Waals surface area contributed by atoms with Crippen molar-refractivity contribution in [3.05, 3.63) is 101 Å². The number of rotatable bonds is 5. The quantitative estimate of drug-likeness (QED) is 0.590. The van der Waals surface area contributed by atoms with E-state index in [9.17, 15) is 23.2 Å². The second kappa shape index (κ2) is 8.22. The van der Waals surface area contributed by atoms with E-state index < -0.39 is 29.1 Å². The normalized spacial score (nSPS) is 17.9. The smallest absolute Gasteiger partial charge is 0.322 e. The fraction of sp³-hybridized carbons (Fsp3) is 0.125. The number of para-hydroxylation sites is 1. The summed E-state index contributed by atoms with van der Waals surface area (Å²) < 4.78 is 27.9. The molecule has 0 bridgehead atoms. The molecule has 4 amide bonds. The lowest BCUT2D eigenvalue weighted by Crippen LogP contribution is -2.41. The first-order valence-electron chi connectivity index (χ1n) is 9.83. The van der Waals surface area contributed by atoms with Crippen molar-refractivity contribution in [2.45, 2.75) is 19.0 Å². The fourth-order valence-electron chi connectivity index (χ4n) is 3.57. The average Bonchev–Trinajstić information content (AvgIpc) is 3.00. The maximum absolute atomic E-state index is 14.3. The van der Waals surface area contributed by atoms with Gasteiger partial charge in [-0.2, -0.15) is 0 Å². The molecular weight excluding hydrogens is 416 g/mol. The molecule has 0 radical (unpaired) electrons. The van der Waals surface area contributed by atoms with Gasteiger partial charge in [0.1, 0.15) is 17.2 Å². The Bertz CT molecular complexity index is 1200. The number of hydrogen-bond acceptors (Lipinski definition) is 3. The lowest BCUT2D eigenvalue weighted by atomic mass is 9.91. The zero-order valence-electron chi connectivity index (χ0n) is 17.1. The highest BCUT2D eigenvalue weighted by Crippen LogP contribution is 2.32. The minimum absolute atomic E-state index is 0.0855. The predicted molar refractivity (Wildman–Crippen MR) is 114 cm³/mol. The number of carbonyl (C=O) groups is 3. The van der Waals surface area contributed by atoms with Gasteiger partial charge in [-0.05, 0) is 55.0 Å². The van der Waals surface area contributed by atoms with E-state index in [-0.39, 0.29) is 18.0 Å². The van der Waals surface area contributed by atoms with Crippen molar-refractivity contribution in [2.75, 3.05) is 5.32 Å². The average molecular weight is 435 g/mol. The Morgan fingerprint density at radius 2 is 1.69 bits per heavy atom. The van der Waals surface area contributed by atoms with Gasteiger partial charge in [-0.25, -0.2) is 13.6 Å². The van der Waals surface area contributed by atoms with E-state index in [4.69, 9.17) is 0 Å². The number of urea groups is 1. The van der Waals surface area contributed by atoms with Crippen LogP contribution >= 0.6 is 0 Å². The molecule has 1 aliphatic rings. The van der Waals surface area contributed by atoms with Crippen LogP contribution < -0.4 is 10.6 Å². The molecule has 8 heteroatoms. The van der Waals surface area contributed by atoms with E-state index >= 15 is 0 Å². The fourth-order valence-corrected chi connectivity index (χ4v) is 3.57. The van der Waals surface area contributed by atoms with Crippen molar-refractivity contribution in [3.8, 4) is 0 Å². The van der Waals surface area contributed by atoms with Gasteiger partial charge in [-0.15, -0.1) is 0 Å². The number of anilines is 1. The number of halogens is 2. The predicted octanol–water partition coefficient (Wildman–Crippen LogP) is 4.18. The summed E-state index contributed by atoms with van der Waals surface area (Å²) in [6.07, 6.45) is 0. The van der Waals surface area contributed by atoms with Crippen LogP contribution in [0.5, 0.6) is 0 Å². The summed E-state index contributed by atoms with van der Waals surface area (Å²) in [5.74, 6) is -2.50. The first-order valence-corrected chi connectivity index (χ1v) is 9.83. The van der Waals surface area contributed by atoms with Crippen LogP contribution in [0.3, 0.4) is 0 Å². The summed E-state index contributed by atoms with van der Waals surface area (Å²) in [5, 5.41) is 5.23. The van der Waals surface area contributed by atoms with Crippen LogP contribution in [0, 0.1) is 11.6 Å². The minimum atomic E-state index is -1.72. The molecule has 1 aliphatic heterocycles. The minimum Gasteiger partial charge on any atom is -0.322 e. The summed E-state index contributed by atoms with van der Waals surface area (Å²) >= 11 is 0. The molecule has 1 fully saturated rings. The molecule has 6 nitrogen and oxygen atoms in total. The van der Waals surface area contributed by atoms with Gasteiger partial charge >= 0.3 is 6.03 Å². The standard InChI is InChI=1S/C24H19F2N3O3/c1-24(19-13-17(25)11-12-20(19)26)22(31)29(23(32)28-24)14-15-7-9-16(10-8-15)21(30)27-18-5-3-2-4-6-18/h2-13H,14H2,1H3,(H,27,30)(H,28,32). The Balaban J connectivity index is 1.49. The van der Waals surface area contributed by atoms with Gasteiger partial charge < -0.3 is 10.6 Å². The van der Waals surface area contributed by atoms with Crippen LogP contribution in [0.2, 0.25) is 0 Å². The van der Waals surface area contributed by atoms with Gasteiger partial charge in [-0.3, -0.25) is 14.5 Å². The second-order valence-corrected chi connectivity index (χ2v) is 7.59. The van der Waals surface area contributed by atoms with E-state index in [0.717, 1.165) is 23.1 Å². The van der Waals surface area contributed by atoms with E-state index in [0.29, 0.717) is 16.8 Å². The molecule has 1 saturated heterocycles. The highest BCUT2D eigenvalue weighted by molar-refractivity contribution is 6.07. The van der Waals surface area contributed by atoms with Crippen LogP contribution in [-0.4, -0.2) is 22.7 Å². The maximum Gasteiger partial charge on any atom is 0.325 e. The Morgan fingerprint density at radius 3 is 2.38 bits per heavy atom. The van der Waals surface area contributed by atoms with Crippen molar-refractivity contribution in [1.29, 1.82) is 0 Å². The number of benzene rings is 3. The SMILES string of the molecule is CC1(c2cc(F)ccc2F)NC(=O)N(Cc2ccc(C(=O)Nc3ccccc3)cc2)C1=O. The zero-order valence-corrected chi connectivity index (χ0v) is 17.1. The monoisotopic (exact) mass is 435 g/mol. The van der Waals surface area contributed by atoms with Gasteiger partial charge in [0, 0.05) is 16.8 Å².